The molecule has 1 fully saturated rings. The first kappa shape index (κ1) is 14.0. The lowest BCUT2D eigenvalue weighted by molar-refractivity contribution is -0.0658. The van der Waals surface area contributed by atoms with Crippen LogP contribution in [-0.4, -0.2) is 22.2 Å². The molecule has 0 aromatic carbocycles. The minimum absolute atomic E-state index is 0.402. The summed E-state index contributed by atoms with van der Waals surface area (Å²) in [5, 5.41) is 4.13. The molecule has 1 saturated carbocycles. The lowest BCUT2D eigenvalue weighted by Gasteiger charge is -2.36. The highest BCUT2D eigenvalue weighted by Crippen LogP contribution is 2.41. The summed E-state index contributed by atoms with van der Waals surface area (Å²) < 4.78 is 11.1. The first-order valence-electron chi connectivity index (χ1n) is 7.24. The van der Waals surface area contributed by atoms with E-state index in [1.165, 1.54) is 6.42 Å². The van der Waals surface area contributed by atoms with Crippen molar-refractivity contribution in [3.63, 3.8) is 0 Å². The summed E-state index contributed by atoms with van der Waals surface area (Å²) in [5.41, 5.74) is 6.43. The predicted molar refractivity (Wildman–Crippen MR) is 78.3 cm³/mol. The molecule has 2 N–H and O–H groups in total. The highest BCUT2D eigenvalue weighted by Gasteiger charge is 2.41. The van der Waals surface area contributed by atoms with Crippen LogP contribution in [0.3, 0.4) is 0 Å². The molecule has 0 amide bonds. The van der Waals surface area contributed by atoms with Crippen LogP contribution in [0.25, 0.3) is 11.6 Å². The van der Waals surface area contributed by atoms with Gasteiger partial charge in [-0.25, -0.2) is 4.98 Å². The van der Waals surface area contributed by atoms with Crippen LogP contribution in [0.1, 0.15) is 38.4 Å². The smallest absolute Gasteiger partial charge is 0.276 e. The SMILES string of the molecule is COC1(c2noc(-c3ccc(N)cn3)n2)CCCC(C)C1. The van der Waals surface area contributed by atoms with Crippen LogP contribution < -0.4 is 5.73 Å². The van der Waals surface area contributed by atoms with Gasteiger partial charge in [0.1, 0.15) is 11.3 Å². The number of hydrogen-bond donors (Lipinski definition) is 1. The molecular formula is C15H20N4O2. The van der Waals surface area contributed by atoms with Crippen LogP contribution in [0, 0.1) is 5.92 Å². The number of hydrogen-bond acceptors (Lipinski definition) is 6. The second-order valence-electron chi connectivity index (χ2n) is 5.80. The molecule has 2 atom stereocenters. The van der Waals surface area contributed by atoms with Crippen LogP contribution in [0.15, 0.2) is 22.9 Å². The van der Waals surface area contributed by atoms with E-state index < -0.39 is 5.60 Å². The fourth-order valence-electron chi connectivity index (χ4n) is 3.03. The first-order chi connectivity index (χ1) is 10.1. The number of nitrogen functional groups attached to an aromatic ring is 1. The van der Waals surface area contributed by atoms with Crippen LogP contribution in [-0.2, 0) is 10.3 Å². The lowest BCUT2D eigenvalue weighted by Crippen LogP contribution is -2.35. The van der Waals surface area contributed by atoms with Crippen molar-refractivity contribution >= 4 is 5.69 Å². The molecule has 6 heteroatoms. The van der Waals surface area contributed by atoms with Gasteiger partial charge < -0.3 is 15.0 Å². The van der Waals surface area contributed by atoms with Gasteiger partial charge in [-0.2, -0.15) is 4.98 Å². The highest BCUT2D eigenvalue weighted by atomic mass is 16.5. The maximum atomic E-state index is 5.78. The van der Waals surface area contributed by atoms with Crippen molar-refractivity contribution in [2.75, 3.05) is 12.8 Å². The zero-order valence-electron chi connectivity index (χ0n) is 12.4. The van der Waals surface area contributed by atoms with E-state index >= 15 is 0 Å². The third-order valence-electron chi connectivity index (χ3n) is 4.19. The average molecular weight is 288 g/mol. The minimum Gasteiger partial charge on any atom is -0.397 e. The van der Waals surface area contributed by atoms with Crippen molar-refractivity contribution in [3.8, 4) is 11.6 Å². The van der Waals surface area contributed by atoms with Gasteiger partial charge in [-0.05, 0) is 37.3 Å². The summed E-state index contributed by atoms with van der Waals surface area (Å²) in [6.45, 7) is 2.23. The number of aromatic nitrogens is 3. The average Bonchev–Trinajstić information content (AvgIpc) is 2.98. The second kappa shape index (κ2) is 5.44. The van der Waals surface area contributed by atoms with Gasteiger partial charge in [0.15, 0.2) is 0 Å². The molecule has 0 aliphatic heterocycles. The maximum Gasteiger partial charge on any atom is 0.276 e. The Kier molecular flexibility index (Phi) is 3.63. The summed E-state index contributed by atoms with van der Waals surface area (Å²) in [6, 6.07) is 3.54. The van der Waals surface area contributed by atoms with E-state index in [4.69, 9.17) is 15.0 Å². The molecule has 112 valence electrons. The van der Waals surface area contributed by atoms with E-state index in [1.54, 1.807) is 25.4 Å². The number of pyridine rings is 1. The van der Waals surface area contributed by atoms with E-state index in [2.05, 4.69) is 22.0 Å². The van der Waals surface area contributed by atoms with Gasteiger partial charge in [0.05, 0.1) is 11.9 Å². The zero-order chi connectivity index (χ0) is 14.9. The standard InChI is InChI=1S/C15H20N4O2/c1-10-4-3-7-15(8-10,20-2)14-18-13(21-19-14)12-6-5-11(16)9-17-12/h5-6,9-10H,3-4,7-8,16H2,1-2H3. The zero-order valence-corrected chi connectivity index (χ0v) is 12.4. The van der Waals surface area contributed by atoms with E-state index in [9.17, 15) is 0 Å². The molecule has 1 aliphatic rings. The molecular weight excluding hydrogens is 268 g/mol. The molecule has 2 heterocycles. The van der Waals surface area contributed by atoms with Crippen LogP contribution in [0.4, 0.5) is 5.69 Å². The molecule has 0 saturated heterocycles. The van der Waals surface area contributed by atoms with E-state index in [-0.39, 0.29) is 0 Å². The van der Waals surface area contributed by atoms with Gasteiger partial charge in [-0.1, -0.05) is 18.5 Å². The number of nitrogens with zero attached hydrogens (tertiary/aromatic N) is 3. The molecule has 0 radical (unpaired) electrons. The molecule has 6 nitrogen and oxygen atoms in total. The predicted octanol–water partition coefficient (Wildman–Crippen LogP) is 2.77. The third-order valence-corrected chi connectivity index (χ3v) is 4.19. The number of anilines is 1. The lowest BCUT2D eigenvalue weighted by atomic mass is 9.78. The van der Waals surface area contributed by atoms with E-state index in [0.29, 0.717) is 29.0 Å². The Labute approximate surface area is 123 Å². The minimum atomic E-state index is -0.437. The second-order valence-corrected chi connectivity index (χ2v) is 5.80. The van der Waals surface area contributed by atoms with Gasteiger partial charge >= 0.3 is 0 Å². The van der Waals surface area contributed by atoms with Crippen molar-refractivity contribution in [1.82, 2.24) is 15.1 Å². The monoisotopic (exact) mass is 288 g/mol. The Balaban J connectivity index is 1.91. The Hall–Kier alpha value is -1.95. The molecule has 2 unspecified atom stereocenters. The largest absolute Gasteiger partial charge is 0.397 e. The van der Waals surface area contributed by atoms with Gasteiger partial charge in [0.25, 0.3) is 5.89 Å². The Morgan fingerprint density at radius 1 is 1.43 bits per heavy atom. The molecule has 0 spiro atoms. The normalized spacial score (nSPS) is 25.9. The van der Waals surface area contributed by atoms with Crippen LogP contribution in [0.2, 0.25) is 0 Å². The Morgan fingerprint density at radius 2 is 2.29 bits per heavy atom. The fourth-order valence-corrected chi connectivity index (χ4v) is 3.03. The van der Waals surface area contributed by atoms with E-state index in [1.807, 2.05) is 0 Å². The molecule has 21 heavy (non-hydrogen) atoms. The molecule has 2 aromatic heterocycles. The summed E-state index contributed by atoms with van der Waals surface area (Å²) in [6.07, 6.45) is 5.74. The first-order valence-corrected chi connectivity index (χ1v) is 7.24. The Morgan fingerprint density at radius 3 is 2.95 bits per heavy atom. The number of ether oxygens (including phenoxy) is 1. The highest BCUT2D eigenvalue weighted by molar-refractivity contribution is 5.50. The van der Waals surface area contributed by atoms with Gasteiger partial charge in [-0.3, -0.25) is 0 Å². The van der Waals surface area contributed by atoms with Gasteiger partial charge in [-0.15, -0.1) is 0 Å². The van der Waals surface area contributed by atoms with Crippen molar-refractivity contribution in [2.24, 2.45) is 5.92 Å². The van der Waals surface area contributed by atoms with Crippen molar-refractivity contribution in [1.29, 1.82) is 0 Å². The molecule has 2 aromatic rings. The molecule has 1 aliphatic carbocycles. The number of nitrogens with two attached hydrogens (primary N) is 1. The van der Waals surface area contributed by atoms with Gasteiger partial charge in [0.2, 0.25) is 5.82 Å². The molecule has 3 rings (SSSR count). The topological polar surface area (TPSA) is 87.1 Å². The van der Waals surface area contributed by atoms with Crippen LogP contribution >= 0.6 is 0 Å². The summed E-state index contributed by atoms with van der Waals surface area (Å²) >= 11 is 0. The molecule has 0 bridgehead atoms. The van der Waals surface area contributed by atoms with Crippen molar-refractivity contribution in [2.45, 2.75) is 38.2 Å². The summed E-state index contributed by atoms with van der Waals surface area (Å²) in [7, 11) is 1.72. The van der Waals surface area contributed by atoms with E-state index in [0.717, 1.165) is 19.3 Å². The fraction of sp³-hybridized carbons (Fsp3) is 0.533. The summed E-state index contributed by atoms with van der Waals surface area (Å²) in [5.74, 6) is 1.61. The maximum absolute atomic E-state index is 5.78. The number of methoxy groups -OCH3 is 1. The van der Waals surface area contributed by atoms with Crippen molar-refractivity contribution in [3.05, 3.63) is 24.2 Å². The van der Waals surface area contributed by atoms with Crippen molar-refractivity contribution < 1.29 is 9.26 Å². The number of rotatable bonds is 3. The third kappa shape index (κ3) is 2.63. The quantitative estimate of drug-likeness (QED) is 0.934. The van der Waals surface area contributed by atoms with Crippen LogP contribution in [0.5, 0.6) is 0 Å². The van der Waals surface area contributed by atoms with Gasteiger partial charge in [0, 0.05) is 7.11 Å². The Bertz CT molecular complexity index is 610. The summed E-state index contributed by atoms with van der Waals surface area (Å²) in [4.78, 5) is 8.71.